The molecule has 1 aliphatic heterocycles. The maximum absolute atomic E-state index is 11.7. The van der Waals surface area contributed by atoms with Gasteiger partial charge in [-0.1, -0.05) is 25.1 Å². The summed E-state index contributed by atoms with van der Waals surface area (Å²) < 4.78 is 10.1. The van der Waals surface area contributed by atoms with Crippen molar-refractivity contribution in [2.75, 3.05) is 6.61 Å². The van der Waals surface area contributed by atoms with Crippen molar-refractivity contribution >= 4 is 11.9 Å². The molecule has 102 valence electrons. The van der Waals surface area contributed by atoms with Crippen LogP contribution in [0.2, 0.25) is 0 Å². The summed E-state index contributed by atoms with van der Waals surface area (Å²) in [7, 11) is 0. The maximum Gasteiger partial charge on any atom is 0.338 e. The number of cyclic esters (lactones) is 1. The van der Waals surface area contributed by atoms with Gasteiger partial charge in [0, 0.05) is 6.42 Å². The third-order valence-electron chi connectivity index (χ3n) is 3.21. The molecule has 0 unspecified atom stereocenters. The van der Waals surface area contributed by atoms with E-state index < -0.39 is 23.6 Å². The summed E-state index contributed by atoms with van der Waals surface area (Å²) in [6.07, 6.45) is -0.135. The van der Waals surface area contributed by atoms with Crippen molar-refractivity contribution in [1.82, 2.24) is 0 Å². The van der Waals surface area contributed by atoms with E-state index in [1.165, 1.54) is 0 Å². The molecule has 1 aromatic carbocycles. The monoisotopic (exact) mass is 264 g/mol. The smallest absolute Gasteiger partial charge is 0.338 e. The molecule has 0 radical (unpaired) electrons. The summed E-state index contributed by atoms with van der Waals surface area (Å²) in [4.78, 5) is 23.1. The summed E-state index contributed by atoms with van der Waals surface area (Å²) in [5.41, 5.74) is -0.998. The summed E-state index contributed by atoms with van der Waals surface area (Å²) in [6.45, 7) is 1.67. The van der Waals surface area contributed by atoms with Crippen LogP contribution in [0.5, 0.6) is 0 Å². The number of carbonyl (C=O) groups is 2. The molecule has 19 heavy (non-hydrogen) atoms. The van der Waals surface area contributed by atoms with Gasteiger partial charge in [0.25, 0.3) is 0 Å². The van der Waals surface area contributed by atoms with E-state index in [2.05, 4.69) is 0 Å². The van der Waals surface area contributed by atoms with E-state index in [0.717, 1.165) is 0 Å². The van der Waals surface area contributed by atoms with Crippen molar-refractivity contribution < 1.29 is 24.2 Å². The highest BCUT2D eigenvalue weighted by molar-refractivity contribution is 5.89. The summed E-state index contributed by atoms with van der Waals surface area (Å²) >= 11 is 0. The molecule has 1 aromatic rings. The SMILES string of the molecule is CC[C@@]1(O)C[C@H](COC(=O)c2ccccc2)OC1=O. The lowest BCUT2D eigenvalue weighted by atomic mass is 9.97. The lowest BCUT2D eigenvalue weighted by molar-refractivity contribution is -0.155. The summed E-state index contributed by atoms with van der Waals surface area (Å²) in [5, 5.41) is 9.91. The van der Waals surface area contributed by atoms with Crippen molar-refractivity contribution in [2.45, 2.75) is 31.5 Å². The van der Waals surface area contributed by atoms with Crippen LogP contribution in [-0.2, 0) is 14.3 Å². The molecule has 1 fully saturated rings. The second kappa shape index (κ2) is 5.40. The Morgan fingerprint density at radius 2 is 2.16 bits per heavy atom. The van der Waals surface area contributed by atoms with E-state index in [-0.39, 0.29) is 19.4 Å². The van der Waals surface area contributed by atoms with Crippen LogP contribution in [-0.4, -0.2) is 35.4 Å². The second-order valence-corrected chi connectivity index (χ2v) is 4.58. The number of rotatable bonds is 4. The Bertz CT molecular complexity index is 470. The third kappa shape index (κ3) is 2.93. The van der Waals surface area contributed by atoms with Crippen molar-refractivity contribution in [3.05, 3.63) is 35.9 Å². The van der Waals surface area contributed by atoms with Crippen molar-refractivity contribution in [2.24, 2.45) is 0 Å². The van der Waals surface area contributed by atoms with E-state index in [9.17, 15) is 14.7 Å². The number of esters is 2. The number of hydrogen-bond donors (Lipinski definition) is 1. The number of carbonyl (C=O) groups excluding carboxylic acids is 2. The fourth-order valence-electron chi connectivity index (χ4n) is 1.97. The fraction of sp³-hybridized carbons (Fsp3) is 0.429. The van der Waals surface area contributed by atoms with Crippen LogP contribution < -0.4 is 0 Å². The molecule has 0 spiro atoms. The van der Waals surface area contributed by atoms with Gasteiger partial charge in [0.05, 0.1) is 5.56 Å². The second-order valence-electron chi connectivity index (χ2n) is 4.58. The van der Waals surface area contributed by atoms with E-state index in [0.29, 0.717) is 5.56 Å². The van der Waals surface area contributed by atoms with Gasteiger partial charge in [0.15, 0.2) is 5.60 Å². The predicted molar refractivity (Wildman–Crippen MR) is 66.5 cm³/mol. The van der Waals surface area contributed by atoms with E-state index in [1.54, 1.807) is 37.3 Å². The van der Waals surface area contributed by atoms with Crippen LogP contribution >= 0.6 is 0 Å². The molecular weight excluding hydrogens is 248 g/mol. The molecule has 5 heteroatoms. The summed E-state index contributed by atoms with van der Waals surface area (Å²) in [5.74, 6) is -1.11. The van der Waals surface area contributed by atoms with Gasteiger partial charge in [-0.05, 0) is 18.6 Å². The topological polar surface area (TPSA) is 72.8 Å². The van der Waals surface area contributed by atoms with Gasteiger partial charge in [-0.15, -0.1) is 0 Å². The molecule has 0 saturated carbocycles. The van der Waals surface area contributed by atoms with Crippen molar-refractivity contribution in [1.29, 1.82) is 0 Å². The fourth-order valence-corrected chi connectivity index (χ4v) is 1.97. The Morgan fingerprint density at radius 3 is 2.74 bits per heavy atom. The minimum atomic E-state index is -1.44. The molecule has 0 aromatic heterocycles. The van der Waals surface area contributed by atoms with Gasteiger partial charge in [0.2, 0.25) is 0 Å². The molecule has 0 amide bonds. The Morgan fingerprint density at radius 1 is 1.47 bits per heavy atom. The number of benzene rings is 1. The standard InChI is InChI=1S/C14H16O5/c1-2-14(17)8-11(19-13(14)16)9-18-12(15)10-6-4-3-5-7-10/h3-7,11,17H,2,8-9H2,1H3/t11-,14-/m1/s1. The molecule has 1 heterocycles. The third-order valence-corrected chi connectivity index (χ3v) is 3.21. The first-order chi connectivity index (χ1) is 9.05. The van der Waals surface area contributed by atoms with Gasteiger partial charge in [-0.2, -0.15) is 0 Å². The molecule has 5 nitrogen and oxygen atoms in total. The first kappa shape index (κ1) is 13.5. The van der Waals surface area contributed by atoms with E-state index in [4.69, 9.17) is 9.47 Å². The molecule has 1 saturated heterocycles. The molecule has 0 bridgehead atoms. The average Bonchev–Trinajstić information content (AvgIpc) is 2.73. The zero-order valence-electron chi connectivity index (χ0n) is 10.7. The Kier molecular flexibility index (Phi) is 3.85. The van der Waals surface area contributed by atoms with Gasteiger partial charge in [-0.25, -0.2) is 9.59 Å². The highest BCUT2D eigenvalue weighted by atomic mass is 16.6. The Balaban J connectivity index is 1.88. The maximum atomic E-state index is 11.7. The van der Waals surface area contributed by atoms with Crippen LogP contribution in [0, 0.1) is 0 Å². The van der Waals surface area contributed by atoms with Crippen LogP contribution in [0.15, 0.2) is 30.3 Å². The number of hydrogen-bond acceptors (Lipinski definition) is 5. The largest absolute Gasteiger partial charge is 0.458 e. The average molecular weight is 264 g/mol. The van der Waals surface area contributed by atoms with Crippen molar-refractivity contribution in [3.8, 4) is 0 Å². The molecule has 0 aliphatic carbocycles. The van der Waals surface area contributed by atoms with Crippen LogP contribution in [0.3, 0.4) is 0 Å². The minimum Gasteiger partial charge on any atom is -0.458 e. The lowest BCUT2D eigenvalue weighted by Gasteiger charge is -2.14. The molecule has 1 N–H and O–H groups in total. The Labute approximate surface area is 111 Å². The highest BCUT2D eigenvalue weighted by Gasteiger charge is 2.46. The normalized spacial score (nSPS) is 26.0. The summed E-state index contributed by atoms with van der Waals surface area (Å²) in [6, 6.07) is 8.57. The zero-order chi connectivity index (χ0) is 13.9. The van der Waals surface area contributed by atoms with E-state index >= 15 is 0 Å². The van der Waals surface area contributed by atoms with E-state index in [1.807, 2.05) is 0 Å². The number of aliphatic hydroxyl groups is 1. The minimum absolute atomic E-state index is 0.0399. The molecule has 2 rings (SSSR count). The van der Waals surface area contributed by atoms with Crippen molar-refractivity contribution in [3.63, 3.8) is 0 Å². The van der Waals surface area contributed by atoms with Gasteiger partial charge in [0.1, 0.15) is 12.7 Å². The quantitative estimate of drug-likeness (QED) is 0.830. The first-order valence-electron chi connectivity index (χ1n) is 6.21. The lowest BCUT2D eigenvalue weighted by Crippen LogP contribution is -2.33. The van der Waals surface area contributed by atoms with Crippen LogP contribution in [0.25, 0.3) is 0 Å². The molecule has 2 atom stereocenters. The predicted octanol–water partition coefficient (Wildman–Crippen LogP) is 1.30. The van der Waals surface area contributed by atoms with Crippen LogP contribution in [0.1, 0.15) is 30.1 Å². The van der Waals surface area contributed by atoms with Gasteiger partial charge >= 0.3 is 11.9 Å². The Hall–Kier alpha value is -1.88. The van der Waals surface area contributed by atoms with Gasteiger partial charge < -0.3 is 14.6 Å². The number of ether oxygens (including phenoxy) is 2. The molecular formula is C14H16O5. The first-order valence-corrected chi connectivity index (χ1v) is 6.21. The highest BCUT2D eigenvalue weighted by Crippen LogP contribution is 2.28. The van der Waals surface area contributed by atoms with Gasteiger partial charge in [-0.3, -0.25) is 0 Å². The zero-order valence-corrected chi connectivity index (χ0v) is 10.7. The molecule has 1 aliphatic rings. The van der Waals surface area contributed by atoms with Crippen LogP contribution in [0.4, 0.5) is 0 Å².